The zero-order valence-electron chi connectivity index (χ0n) is 13.7. The molecule has 4 unspecified atom stereocenters. The Morgan fingerprint density at radius 2 is 1.92 bits per heavy atom. The number of carbonyl (C=O) groups is 3. The molecule has 3 rings (SSSR count). The maximum atomic E-state index is 12.7. The van der Waals surface area contributed by atoms with Gasteiger partial charge in [-0.05, 0) is 19.4 Å². The Morgan fingerprint density at radius 1 is 1.32 bits per heavy atom. The van der Waals surface area contributed by atoms with Crippen molar-refractivity contribution in [2.24, 2.45) is 5.73 Å². The van der Waals surface area contributed by atoms with Gasteiger partial charge in [0.1, 0.15) is 23.5 Å². The fourth-order valence-electron chi connectivity index (χ4n) is 3.35. The molecule has 0 aliphatic carbocycles. The zero-order chi connectivity index (χ0) is 18.5. The van der Waals surface area contributed by atoms with Crippen LogP contribution in [0.4, 0.5) is 0 Å². The van der Waals surface area contributed by atoms with Crippen molar-refractivity contribution in [2.45, 2.75) is 42.1 Å². The van der Waals surface area contributed by atoms with Gasteiger partial charge in [-0.2, -0.15) is 0 Å². The molecule has 0 saturated carbocycles. The third kappa shape index (κ3) is 2.54. The summed E-state index contributed by atoms with van der Waals surface area (Å²) in [6, 6.07) is 5.48. The molecule has 9 heteroatoms. The van der Waals surface area contributed by atoms with Gasteiger partial charge in [-0.3, -0.25) is 13.8 Å². The van der Waals surface area contributed by atoms with Gasteiger partial charge in [-0.1, -0.05) is 30.3 Å². The minimum Gasteiger partial charge on any atom is -0.480 e. The van der Waals surface area contributed by atoms with E-state index in [-0.39, 0.29) is 0 Å². The SMILES string of the molecule is CC1(C)C(C(=O)O)N2C(=O)C(NC(=O)C(N)c3ccccc3)[C@H]2S1=O. The molecule has 8 nitrogen and oxygen atoms in total. The Bertz CT molecular complexity index is 766. The molecular weight excluding hydrogens is 346 g/mol. The second-order valence-electron chi connectivity index (χ2n) is 6.65. The first-order chi connectivity index (χ1) is 11.7. The number of rotatable bonds is 4. The molecule has 0 spiro atoms. The number of β-lactam (4-membered cyclic amide) rings is 1. The van der Waals surface area contributed by atoms with Gasteiger partial charge in [0.25, 0.3) is 0 Å². The van der Waals surface area contributed by atoms with Crippen LogP contribution in [-0.2, 0) is 25.2 Å². The number of carboxylic acid groups (broad SMARTS) is 1. The van der Waals surface area contributed by atoms with Gasteiger partial charge < -0.3 is 21.1 Å². The molecule has 2 aliphatic heterocycles. The number of nitrogens with one attached hydrogen (secondary N) is 1. The van der Waals surface area contributed by atoms with E-state index in [1.165, 1.54) is 0 Å². The Hall–Kier alpha value is -2.26. The first-order valence-electron chi connectivity index (χ1n) is 7.74. The first-order valence-corrected chi connectivity index (χ1v) is 8.95. The number of hydrogen-bond donors (Lipinski definition) is 3. The maximum Gasteiger partial charge on any atom is 0.328 e. The summed E-state index contributed by atoms with van der Waals surface area (Å²) in [6.45, 7) is 3.09. The lowest BCUT2D eigenvalue weighted by molar-refractivity contribution is -0.161. The van der Waals surface area contributed by atoms with E-state index in [2.05, 4.69) is 5.32 Å². The Labute approximate surface area is 146 Å². The number of carbonyl (C=O) groups excluding carboxylic acids is 2. The Balaban J connectivity index is 1.78. The third-order valence-electron chi connectivity index (χ3n) is 4.73. The molecule has 134 valence electrons. The summed E-state index contributed by atoms with van der Waals surface area (Å²) in [5, 5.41) is 11.0. The van der Waals surface area contributed by atoms with Crippen molar-refractivity contribution in [1.29, 1.82) is 0 Å². The summed E-state index contributed by atoms with van der Waals surface area (Å²) in [5.74, 6) is -2.33. The fourth-order valence-corrected chi connectivity index (χ4v) is 5.27. The zero-order valence-corrected chi connectivity index (χ0v) is 14.5. The molecule has 0 aromatic heterocycles. The van der Waals surface area contributed by atoms with Gasteiger partial charge in [0, 0.05) is 0 Å². The molecule has 25 heavy (non-hydrogen) atoms. The topological polar surface area (TPSA) is 130 Å². The van der Waals surface area contributed by atoms with Crippen LogP contribution in [0.25, 0.3) is 0 Å². The quantitative estimate of drug-likeness (QED) is 0.607. The summed E-state index contributed by atoms with van der Waals surface area (Å²) in [4.78, 5) is 37.3. The average Bonchev–Trinajstić information content (AvgIpc) is 2.77. The van der Waals surface area contributed by atoms with Crippen LogP contribution in [0, 0.1) is 0 Å². The predicted octanol–water partition coefficient (Wildman–Crippen LogP) is -0.666. The largest absolute Gasteiger partial charge is 0.480 e. The van der Waals surface area contributed by atoms with Crippen LogP contribution in [0.5, 0.6) is 0 Å². The number of carboxylic acids is 1. The summed E-state index contributed by atoms with van der Waals surface area (Å²) in [7, 11) is -1.63. The predicted molar refractivity (Wildman–Crippen MR) is 89.6 cm³/mol. The van der Waals surface area contributed by atoms with E-state index in [1.807, 2.05) is 0 Å². The van der Waals surface area contributed by atoms with E-state index < -0.39 is 56.8 Å². The van der Waals surface area contributed by atoms with Crippen molar-refractivity contribution in [3.8, 4) is 0 Å². The van der Waals surface area contributed by atoms with Crippen molar-refractivity contribution in [1.82, 2.24) is 10.2 Å². The van der Waals surface area contributed by atoms with Crippen molar-refractivity contribution in [3.05, 3.63) is 35.9 Å². The molecule has 5 atom stereocenters. The molecule has 2 saturated heterocycles. The number of hydrogen-bond acceptors (Lipinski definition) is 5. The highest BCUT2D eigenvalue weighted by Crippen LogP contribution is 2.43. The second-order valence-corrected chi connectivity index (χ2v) is 8.78. The number of nitrogens with two attached hydrogens (primary N) is 1. The van der Waals surface area contributed by atoms with Crippen molar-refractivity contribution < 1.29 is 23.7 Å². The minimum absolute atomic E-state index is 0.551. The summed E-state index contributed by atoms with van der Waals surface area (Å²) in [5.41, 5.74) is 6.49. The van der Waals surface area contributed by atoms with Crippen molar-refractivity contribution in [3.63, 3.8) is 0 Å². The van der Waals surface area contributed by atoms with Crippen molar-refractivity contribution >= 4 is 28.6 Å². The van der Waals surface area contributed by atoms with Gasteiger partial charge in [0.05, 0.1) is 15.5 Å². The highest BCUT2D eigenvalue weighted by atomic mass is 32.2. The third-order valence-corrected chi connectivity index (χ3v) is 6.93. The van der Waals surface area contributed by atoms with Crippen LogP contribution in [0.15, 0.2) is 30.3 Å². The van der Waals surface area contributed by atoms with Crippen LogP contribution >= 0.6 is 0 Å². The van der Waals surface area contributed by atoms with E-state index in [9.17, 15) is 23.7 Å². The Morgan fingerprint density at radius 3 is 2.48 bits per heavy atom. The standard InChI is InChI=1S/C16H19N3O5S/c1-16(2)11(15(22)23)19-13(21)10(14(19)25(16)24)18-12(20)9(17)8-6-4-3-5-7-8/h3-7,9-11,14H,17H2,1-2H3,(H,18,20)(H,22,23)/t9?,10?,11?,14-,25?/m1/s1. The molecule has 2 fully saturated rings. The lowest BCUT2D eigenvalue weighted by Crippen LogP contribution is -2.72. The van der Waals surface area contributed by atoms with Crippen molar-refractivity contribution in [2.75, 3.05) is 0 Å². The summed E-state index contributed by atoms with van der Waals surface area (Å²) >= 11 is 0. The van der Waals surface area contributed by atoms with Gasteiger partial charge >= 0.3 is 5.97 Å². The number of aliphatic carboxylic acids is 1. The minimum atomic E-state index is -1.63. The number of fused-ring (bicyclic) bond motifs is 1. The van der Waals surface area contributed by atoms with E-state index in [0.29, 0.717) is 5.56 Å². The highest BCUT2D eigenvalue weighted by molar-refractivity contribution is 7.87. The molecule has 0 bridgehead atoms. The summed E-state index contributed by atoms with van der Waals surface area (Å²) < 4.78 is 11.5. The molecule has 2 amide bonds. The number of benzene rings is 1. The van der Waals surface area contributed by atoms with Crippen LogP contribution in [-0.4, -0.2) is 54.2 Å². The van der Waals surface area contributed by atoms with Gasteiger partial charge in [-0.15, -0.1) is 0 Å². The molecule has 0 radical (unpaired) electrons. The summed E-state index contributed by atoms with van der Waals surface area (Å²) in [6.07, 6.45) is 0. The normalized spacial score (nSPS) is 31.0. The molecule has 1 aromatic carbocycles. The van der Waals surface area contributed by atoms with E-state index >= 15 is 0 Å². The van der Waals surface area contributed by atoms with Crippen LogP contribution in [0.2, 0.25) is 0 Å². The lowest BCUT2D eigenvalue weighted by Gasteiger charge is -2.43. The molecule has 1 aromatic rings. The number of amides is 2. The highest BCUT2D eigenvalue weighted by Gasteiger charge is 2.68. The van der Waals surface area contributed by atoms with Gasteiger partial charge in [-0.25, -0.2) is 4.79 Å². The molecule has 2 aliphatic rings. The fraction of sp³-hybridized carbons (Fsp3) is 0.438. The first kappa shape index (κ1) is 17.6. The van der Waals surface area contributed by atoms with Crippen LogP contribution < -0.4 is 11.1 Å². The van der Waals surface area contributed by atoms with E-state index in [1.54, 1.807) is 44.2 Å². The average molecular weight is 365 g/mol. The van der Waals surface area contributed by atoms with E-state index in [0.717, 1.165) is 4.90 Å². The maximum absolute atomic E-state index is 12.7. The number of nitrogens with zero attached hydrogens (tertiary/aromatic N) is 1. The smallest absolute Gasteiger partial charge is 0.328 e. The second kappa shape index (κ2) is 5.92. The Kier molecular flexibility index (Phi) is 4.16. The lowest BCUT2D eigenvalue weighted by atomic mass is 9.95. The monoisotopic (exact) mass is 365 g/mol. The van der Waals surface area contributed by atoms with Crippen LogP contribution in [0.1, 0.15) is 25.5 Å². The van der Waals surface area contributed by atoms with Gasteiger partial charge in [0.2, 0.25) is 11.8 Å². The van der Waals surface area contributed by atoms with E-state index in [4.69, 9.17) is 5.73 Å². The molecular formula is C16H19N3O5S. The van der Waals surface area contributed by atoms with Gasteiger partial charge in [0.15, 0.2) is 0 Å². The molecule has 4 N–H and O–H groups in total. The van der Waals surface area contributed by atoms with Crippen LogP contribution in [0.3, 0.4) is 0 Å². The molecule has 2 heterocycles.